The zero-order chi connectivity index (χ0) is 13.1. The van der Waals surface area contributed by atoms with Crippen molar-refractivity contribution in [2.24, 2.45) is 5.73 Å². The molecule has 18 heavy (non-hydrogen) atoms. The van der Waals surface area contributed by atoms with Gasteiger partial charge in [0.05, 0.1) is 5.56 Å². The molecule has 5 heteroatoms. The Morgan fingerprint density at radius 3 is 2.67 bits per heavy atom. The Morgan fingerprint density at radius 2 is 2.11 bits per heavy atom. The molecule has 1 saturated heterocycles. The maximum atomic E-state index is 10.8. The van der Waals surface area contributed by atoms with E-state index in [1.54, 1.807) is 12.1 Å². The Hall–Kier alpha value is -0.910. The van der Waals surface area contributed by atoms with Crippen LogP contribution in [0.5, 0.6) is 0 Å². The van der Waals surface area contributed by atoms with E-state index in [0.717, 1.165) is 42.5 Å². The number of likely N-dealkylation sites (tertiary alicyclic amines) is 1. The summed E-state index contributed by atoms with van der Waals surface area (Å²) in [6.45, 7) is 2.86. The van der Waals surface area contributed by atoms with Crippen molar-refractivity contribution in [3.63, 3.8) is 0 Å². The third-order valence-electron chi connectivity index (χ3n) is 3.33. The van der Waals surface area contributed by atoms with Gasteiger partial charge in [-0.2, -0.15) is 0 Å². The number of hydrogen-bond acceptors (Lipinski definition) is 3. The second-order valence-electron chi connectivity index (χ2n) is 4.72. The first-order valence-corrected chi connectivity index (χ1v) is 6.85. The van der Waals surface area contributed by atoms with Crippen LogP contribution < -0.4 is 5.73 Å². The van der Waals surface area contributed by atoms with E-state index in [1.807, 2.05) is 6.07 Å². The van der Waals surface area contributed by atoms with E-state index in [4.69, 9.17) is 10.8 Å². The fraction of sp³-hybridized carbons (Fsp3) is 0.462. The van der Waals surface area contributed by atoms with Gasteiger partial charge in [-0.05, 0) is 43.6 Å². The molecule has 0 unspecified atom stereocenters. The number of nitrogens with zero attached hydrogens (tertiary/aromatic N) is 1. The molecule has 0 bridgehead atoms. The van der Waals surface area contributed by atoms with Crippen LogP contribution in [0.1, 0.15) is 28.8 Å². The maximum absolute atomic E-state index is 10.8. The molecule has 2 rings (SSSR count). The topological polar surface area (TPSA) is 66.6 Å². The number of halogens is 1. The zero-order valence-corrected chi connectivity index (χ0v) is 11.7. The van der Waals surface area contributed by atoms with Crippen LogP contribution in [-0.2, 0) is 6.54 Å². The lowest BCUT2D eigenvalue weighted by atomic mass is 10.0. The predicted octanol–water partition coefficient (Wildman–Crippen LogP) is 2.07. The number of aromatic carboxylic acids is 1. The van der Waals surface area contributed by atoms with Gasteiger partial charge in [-0.1, -0.05) is 22.0 Å². The lowest BCUT2D eigenvalue weighted by Gasteiger charge is -2.30. The van der Waals surface area contributed by atoms with Crippen molar-refractivity contribution < 1.29 is 9.90 Å². The number of hydrogen-bond donors (Lipinski definition) is 2. The average molecular weight is 313 g/mol. The summed E-state index contributed by atoms with van der Waals surface area (Å²) in [5.41, 5.74) is 7.30. The second kappa shape index (κ2) is 5.82. The highest BCUT2D eigenvalue weighted by atomic mass is 79.9. The monoisotopic (exact) mass is 312 g/mol. The maximum Gasteiger partial charge on any atom is 0.335 e. The van der Waals surface area contributed by atoms with Crippen LogP contribution >= 0.6 is 15.9 Å². The summed E-state index contributed by atoms with van der Waals surface area (Å²) in [7, 11) is 0. The van der Waals surface area contributed by atoms with E-state index in [2.05, 4.69) is 20.8 Å². The predicted molar refractivity (Wildman–Crippen MR) is 73.6 cm³/mol. The Kier molecular flexibility index (Phi) is 4.37. The number of benzene rings is 1. The standard InChI is InChI=1S/C13H17BrN2O2/c14-12-7-9(13(17)18)1-2-10(12)8-16-5-3-11(15)4-6-16/h1-2,7,11H,3-6,8,15H2,(H,17,18). The van der Waals surface area contributed by atoms with Crippen LogP contribution in [-0.4, -0.2) is 35.1 Å². The first-order chi connectivity index (χ1) is 8.56. The molecule has 0 saturated carbocycles. The normalized spacial score (nSPS) is 17.9. The van der Waals surface area contributed by atoms with Crippen LogP contribution in [0.4, 0.5) is 0 Å². The highest BCUT2D eigenvalue weighted by molar-refractivity contribution is 9.10. The van der Waals surface area contributed by atoms with Crippen LogP contribution in [0.2, 0.25) is 0 Å². The molecule has 1 aromatic carbocycles. The van der Waals surface area contributed by atoms with Crippen molar-refractivity contribution in [1.82, 2.24) is 4.90 Å². The Labute approximate surface area is 115 Å². The van der Waals surface area contributed by atoms with Crippen LogP contribution in [0.15, 0.2) is 22.7 Å². The van der Waals surface area contributed by atoms with Gasteiger partial charge < -0.3 is 10.8 Å². The summed E-state index contributed by atoms with van der Waals surface area (Å²) in [6.07, 6.45) is 2.07. The number of nitrogens with two attached hydrogens (primary N) is 1. The van der Waals surface area contributed by atoms with Crippen LogP contribution in [0, 0.1) is 0 Å². The van der Waals surface area contributed by atoms with Crippen molar-refractivity contribution in [2.45, 2.75) is 25.4 Å². The van der Waals surface area contributed by atoms with Gasteiger partial charge in [-0.3, -0.25) is 4.90 Å². The molecule has 0 atom stereocenters. The smallest absolute Gasteiger partial charge is 0.335 e. The number of rotatable bonds is 3. The van der Waals surface area contributed by atoms with E-state index in [-0.39, 0.29) is 0 Å². The highest BCUT2D eigenvalue weighted by Crippen LogP contribution is 2.22. The van der Waals surface area contributed by atoms with Gasteiger partial charge in [0.1, 0.15) is 0 Å². The average Bonchev–Trinajstić information content (AvgIpc) is 2.34. The highest BCUT2D eigenvalue weighted by Gasteiger charge is 2.17. The van der Waals surface area contributed by atoms with Gasteiger partial charge in [0.15, 0.2) is 0 Å². The molecule has 0 spiro atoms. The number of carboxylic acid groups (broad SMARTS) is 1. The molecule has 0 aromatic heterocycles. The van der Waals surface area contributed by atoms with Crippen molar-refractivity contribution in [3.05, 3.63) is 33.8 Å². The van der Waals surface area contributed by atoms with Crippen molar-refractivity contribution in [2.75, 3.05) is 13.1 Å². The molecule has 1 aliphatic heterocycles. The summed E-state index contributed by atoms with van der Waals surface area (Å²) in [5, 5.41) is 8.91. The molecule has 98 valence electrons. The molecular formula is C13H17BrN2O2. The number of carbonyl (C=O) groups is 1. The lowest BCUT2D eigenvalue weighted by molar-refractivity contribution is 0.0697. The fourth-order valence-electron chi connectivity index (χ4n) is 2.16. The minimum absolute atomic E-state index is 0.311. The Bertz CT molecular complexity index is 443. The molecule has 4 nitrogen and oxygen atoms in total. The van der Waals surface area contributed by atoms with E-state index in [9.17, 15) is 4.79 Å². The summed E-state index contributed by atoms with van der Waals surface area (Å²) in [6, 6.07) is 5.52. The van der Waals surface area contributed by atoms with Gasteiger partial charge >= 0.3 is 5.97 Å². The molecule has 0 aliphatic carbocycles. The van der Waals surface area contributed by atoms with Gasteiger partial charge in [0.2, 0.25) is 0 Å². The van der Waals surface area contributed by atoms with Gasteiger partial charge in [-0.15, -0.1) is 0 Å². The third-order valence-corrected chi connectivity index (χ3v) is 4.06. The first-order valence-electron chi connectivity index (χ1n) is 6.06. The Balaban J connectivity index is 2.03. The largest absolute Gasteiger partial charge is 0.478 e. The van der Waals surface area contributed by atoms with Gasteiger partial charge in [0.25, 0.3) is 0 Å². The first kappa shape index (κ1) is 13.5. The molecule has 1 aromatic rings. The number of piperidine rings is 1. The second-order valence-corrected chi connectivity index (χ2v) is 5.58. The van der Waals surface area contributed by atoms with E-state index >= 15 is 0 Å². The van der Waals surface area contributed by atoms with Crippen molar-refractivity contribution in [3.8, 4) is 0 Å². The summed E-state index contributed by atoms with van der Waals surface area (Å²) in [5.74, 6) is -0.897. The number of carboxylic acids is 1. The summed E-state index contributed by atoms with van der Waals surface area (Å²) in [4.78, 5) is 13.2. The lowest BCUT2D eigenvalue weighted by Crippen LogP contribution is -2.39. The van der Waals surface area contributed by atoms with E-state index in [1.165, 1.54) is 0 Å². The molecule has 1 heterocycles. The van der Waals surface area contributed by atoms with Gasteiger partial charge in [0, 0.05) is 17.1 Å². The van der Waals surface area contributed by atoms with Crippen LogP contribution in [0.25, 0.3) is 0 Å². The molecular weight excluding hydrogens is 296 g/mol. The molecule has 0 amide bonds. The van der Waals surface area contributed by atoms with Gasteiger partial charge in [-0.25, -0.2) is 4.79 Å². The molecule has 1 aliphatic rings. The molecule has 3 N–H and O–H groups in total. The fourth-order valence-corrected chi connectivity index (χ4v) is 2.66. The minimum Gasteiger partial charge on any atom is -0.478 e. The Morgan fingerprint density at radius 1 is 1.44 bits per heavy atom. The molecule has 1 fully saturated rings. The van der Waals surface area contributed by atoms with E-state index < -0.39 is 5.97 Å². The summed E-state index contributed by atoms with van der Waals surface area (Å²) >= 11 is 3.44. The van der Waals surface area contributed by atoms with Crippen LogP contribution in [0.3, 0.4) is 0 Å². The minimum atomic E-state index is -0.897. The SMILES string of the molecule is NC1CCN(Cc2ccc(C(=O)O)cc2Br)CC1. The van der Waals surface area contributed by atoms with E-state index in [0.29, 0.717) is 11.6 Å². The van der Waals surface area contributed by atoms with Crippen molar-refractivity contribution in [1.29, 1.82) is 0 Å². The molecule has 0 radical (unpaired) electrons. The third kappa shape index (κ3) is 3.31. The summed E-state index contributed by atoms with van der Waals surface area (Å²) < 4.78 is 0.859. The zero-order valence-electron chi connectivity index (χ0n) is 10.1. The van der Waals surface area contributed by atoms with Crippen molar-refractivity contribution >= 4 is 21.9 Å². The quantitative estimate of drug-likeness (QED) is 0.896.